The average Bonchev–Trinajstić information content (AvgIpc) is 2.80. The molecule has 3 nitrogen and oxygen atoms in total. The van der Waals surface area contributed by atoms with Crippen LogP contribution in [0.3, 0.4) is 0 Å². The molecule has 2 saturated heterocycles. The molecule has 2 aromatic carbocycles. The first kappa shape index (κ1) is 20.6. The molecule has 0 spiro atoms. The van der Waals surface area contributed by atoms with Crippen LogP contribution in [0, 0.1) is 0 Å². The second-order valence-electron chi connectivity index (χ2n) is 8.94. The molecule has 1 atom stereocenters. The van der Waals surface area contributed by atoms with E-state index in [4.69, 9.17) is 4.74 Å². The molecular weight excluding hydrogens is 356 g/mol. The Morgan fingerprint density at radius 3 is 2.14 bits per heavy atom. The largest absolute Gasteiger partial charge is 0.381 e. The van der Waals surface area contributed by atoms with Gasteiger partial charge in [-0.3, -0.25) is 9.80 Å². The molecule has 3 heteroatoms. The van der Waals surface area contributed by atoms with Crippen LogP contribution in [-0.2, 0) is 11.3 Å². The molecule has 2 aliphatic heterocycles. The van der Waals surface area contributed by atoms with E-state index in [-0.39, 0.29) is 0 Å². The number of nitrogens with zero attached hydrogens (tertiary/aromatic N) is 2. The molecule has 2 fully saturated rings. The molecule has 29 heavy (non-hydrogen) atoms. The van der Waals surface area contributed by atoms with Gasteiger partial charge in [-0.25, -0.2) is 0 Å². The van der Waals surface area contributed by atoms with Gasteiger partial charge in [0.1, 0.15) is 0 Å². The second-order valence-corrected chi connectivity index (χ2v) is 8.94. The van der Waals surface area contributed by atoms with Crippen LogP contribution in [-0.4, -0.2) is 54.7 Å². The molecule has 4 rings (SSSR count). The fourth-order valence-corrected chi connectivity index (χ4v) is 5.13. The maximum absolute atomic E-state index is 5.77. The van der Waals surface area contributed by atoms with Crippen LogP contribution >= 0.6 is 0 Å². The summed E-state index contributed by atoms with van der Waals surface area (Å²) in [5.74, 6) is 0.621. The van der Waals surface area contributed by atoms with Crippen molar-refractivity contribution in [2.24, 2.45) is 0 Å². The summed E-state index contributed by atoms with van der Waals surface area (Å²) in [7, 11) is 0. The van der Waals surface area contributed by atoms with Crippen LogP contribution in [0.2, 0.25) is 0 Å². The molecule has 0 N–H and O–H groups in total. The summed E-state index contributed by atoms with van der Waals surface area (Å²) in [5.41, 5.74) is 3.24. The minimum Gasteiger partial charge on any atom is -0.381 e. The number of benzene rings is 2. The molecule has 0 bridgehead atoms. The van der Waals surface area contributed by atoms with Crippen molar-refractivity contribution in [3.05, 3.63) is 71.8 Å². The van der Waals surface area contributed by atoms with Crippen LogP contribution in [0.15, 0.2) is 60.7 Å². The van der Waals surface area contributed by atoms with Gasteiger partial charge in [-0.2, -0.15) is 0 Å². The van der Waals surface area contributed by atoms with E-state index in [1.807, 2.05) is 0 Å². The summed E-state index contributed by atoms with van der Waals surface area (Å²) in [6.45, 7) is 10.0. The summed E-state index contributed by atoms with van der Waals surface area (Å²) in [5, 5.41) is 0. The lowest BCUT2D eigenvalue weighted by molar-refractivity contribution is -0.0536. The van der Waals surface area contributed by atoms with Gasteiger partial charge in [-0.1, -0.05) is 67.6 Å². The average molecular weight is 393 g/mol. The van der Waals surface area contributed by atoms with Gasteiger partial charge < -0.3 is 4.74 Å². The lowest BCUT2D eigenvalue weighted by atomic mass is 9.80. The van der Waals surface area contributed by atoms with E-state index in [0.29, 0.717) is 11.5 Å². The van der Waals surface area contributed by atoms with Crippen LogP contribution < -0.4 is 0 Å². The second kappa shape index (κ2) is 9.88. The van der Waals surface area contributed by atoms with Gasteiger partial charge in [0.2, 0.25) is 0 Å². The van der Waals surface area contributed by atoms with Crippen LogP contribution in [0.1, 0.15) is 49.7 Å². The molecule has 1 unspecified atom stereocenters. The molecule has 0 aromatic heterocycles. The lowest BCUT2D eigenvalue weighted by Gasteiger charge is -2.50. The standard InChI is InChI=1S/C26H36N2O/c1-23(25-10-6-3-7-11-25)12-13-26(14-20-29-21-15-26)28-18-16-27(17-19-28)22-24-8-4-2-5-9-24/h2-11,23H,12-22H2,1H3. The molecule has 0 amide bonds. The fourth-order valence-electron chi connectivity index (χ4n) is 5.13. The zero-order chi connectivity index (χ0) is 19.9. The lowest BCUT2D eigenvalue weighted by Crippen LogP contribution is -2.58. The van der Waals surface area contributed by atoms with E-state index in [0.717, 1.165) is 19.8 Å². The van der Waals surface area contributed by atoms with Crippen molar-refractivity contribution in [2.75, 3.05) is 39.4 Å². The van der Waals surface area contributed by atoms with Gasteiger partial charge in [-0.05, 0) is 42.7 Å². The first-order valence-corrected chi connectivity index (χ1v) is 11.4. The van der Waals surface area contributed by atoms with Crippen molar-refractivity contribution in [3.63, 3.8) is 0 Å². The number of ether oxygens (including phenoxy) is 1. The smallest absolute Gasteiger partial charge is 0.0483 e. The molecule has 156 valence electrons. The number of rotatable bonds is 7. The van der Waals surface area contributed by atoms with Gasteiger partial charge in [-0.15, -0.1) is 0 Å². The highest BCUT2D eigenvalue weighted by atomic mass is 16.5. The highest BCUT2D eigenvalue weighted by Crippen LogP contribution is 2.36. The van der Waals surface area contributed by atoms with Crippen molar-refractivity contribution in [3.8, 4) is 0 Å². The summed E-state index contributed by atoms with van der Waals surface area (Å²) < 4.78 is 5.77. The highest BCUT2D eigenvalue weighted by molar-refractivity contribution is 5.19. The Kier molecular flexibility index (Phi) is 7.02. The Bertz CT molecular complexity index is 719. The van der Waals surface area contributed by atoms with Crippen molar-refractivity contribution in [1.82, 2.24) is 9.80 Å². The number of piperazine rings is 1. The van der Waals surface area contributed by atoms with E-state index in [1.54, 1.807) is 0 Å². The van der Waals surface area contributed by atoms with Gasteiger partial charge in [0.15, 0.2) is 0 Å². The van der Waals surface area contributed by atoms with E-state index in [9.17, 15) is 0 Å². The summed E-state index contributed by atoms with van der Waals surface area (Å²) in [4.78, 5) is 5.43. The third-order valence-electron chi connectivity index (χ3n) is 7.13. The Labute approximate surface area is 176 Å². The van der Waals surface area contributed by atoms with E-state index < -0.39 is 0 Å². The van der Waals surface area contributed by atoms with Crippen LogP contribution in [0.5, 0.6) is 0 Å². The minimum atomic E-state index is 0.333. The van der Waals surface area contributed by atoms with Crippen molar-refractivity contribution in [1.29, 1.82) is 0 Å². The zero-order valence-corrected chi connectivity index (χ0v) is 17.9. The van der Waals surface area contributed by atoms with Gasteiger partial charge in [0.05, 0.1) is 0 Å². The zero-order valence-electron chi connectivity index (χ0n) is 17.9. The Balaban J connectivity index is 1.35. The highest BCUT2D eigenvalue weighted by Gasteiger charge is 2.39. The number of hydrogen-bond donors (Lipinski definition) is 0. The molecule has 2 heterocycles. The third kappa shape index (κ3) is 5.28. The van der Waals surface area contributed by atoms with Gasteiger partial charge in [0.25, 0.3) is 0 Å². The SMILES string of the molecule is CC(CCC1(N2CCN(Cc3ccccc3)CC2)CCOCC1)c1ccccc1. The van der Waals surface area contributed by atoms with Crippen molar-refractivity contribution < 1.29 is 4.74 Å². The Hall–Kier alpha value is -1.68. The van der Waals surface area contributed by atoms with Gasteiger partial charge in [0, 0.05) is 51.5 Å². The fraction of sp³-hybridized carbons (Fsp3) is 0.538. The van der Waals surface area contributed by atoms with Crippen LogP contribution in [0.25, 0.3) is 0 Å². The predicted octanol–water partition coefficient (Wildman–Crippen LogP) is 4.94. The molecule has 2 aromatic rings. The van der Waals surface area contributed by atoms with Crippen LogP contribution in [0.4, 0.5) is 0 Å². The molecule has 0 radical (unpaired) electrons. The van der Waals surface area contributed by atoms with E-state index >= 15 is 0 Å². The van der Waals surface area contributed by atoms with E-state index in [1.165, 1.54) is 63.0 Å². The van der Waals surface area contributed by atoms with Crippen molar-refractivity contribution in [2.45, 2.75) is 50.6 Å². The summed E-state index contributed by atoms with van der Waals surface area (Å²) >= 11 is 0. The normalized spacial score (nSPS) is 21.7. The quantitative estimate of drug-likeness (QED) is 0.664. The first-order chi connectivity index (χ1) is 14.3. The molecule has 0 aliphatic carbocycles. The molecule has 0 saturated carbocycles. The van der Waals surface area contributed by atoms with Gasteiger partial charge >= 0.3 is 0 Å². The predicted molar refractivity (Wildman–Crippen MR) is 120 cm³/mol. The molecule has 2 aliphatic rings. The Morgan fingerprint density at radius 2 is 1.48 bits per heavy atom. The Morgan fingerprint density at radius 1 is 0.862 bits per heavy atom. The number of hydrogen-bond acceptors (Lipinski definition) is 3. The molecular formula is C26H36N2O. The summed E-state index contributed by atoms with van der Waals surface area (Å²) in [6.07, 6.45) is 4.92. The van der Waals surface area contributed by atoms with Crippen molar-refractivity contribution >= 4 is 0 Å². The first-order valence-electron chi connectivity index (χ1n) is 11.4. The summed E-state index contributed by atoms with van der Waals surface area (Å²) in [6, 6.07) is 21.9. The topological polar surface area (TPSA) is 15.7 Å². The minimum absolute atomic E-state index is 0.333. The maximum Gasteiger partial charge on any atom is 0.0483 e. The monoisotopic (exact) mass is 392 g/mol. The third-order valence-corrected chi connectivity index (χ3v) is 7.13. The van der Waals surface area contributed by atoms with E-state index in [2.05, 4.69) is 77.4 Å². The maximum atomic E-state index is 5.77.